The minimum atomic E-state index is -0.183. The van der Waals surface area contributed by atoms with Gasteiger partial charge in [0.05, 0.1) is 17.5 Å². The number of unbranched alkanes of at least 4 members (excludes halogenated alkanes) is 1. The molecule has 0 amide bonds. The van der Waals surface area contributed by atoms with Crippen LogP contribution in [0.4, 0.5) is 0 Å². The lowest BCUT2D eigenvalue weighted by atomic mass is 9.98. The van der Waals surface area contributed by atoms with Crippen molar-refractivity contribution in [1.82, 2.24) is 0 Å². The van der Waals surface area contributed by atoms with Gasteiger partial charge in [-0.15, -0.1) is 0 Å². The molecule has 0 aliphatic heterocycles. The second-order valence-corrected chi connectivity index (χ2v) is 6.74. The van der Waals surface area contributed by atoms with E-state index in [9.17, 15) is 4.79 Å². The average Bonchev–Trinajstić information content (AvgIpc) is 2.81. The van der Waals surface area contributed by atoms with Gasteiger partial charge in [-0.05, 0) is 24.7 Å². The summed E-state index contributed by atoms with van der Waals surface area (Å²) in [5, 5.41) is 0. The van der Waals surface area contributed by atoms with Gasteiger partial charge in [0.15, 0.2) is 5.78 Å². The summed E-state index contributed by atoms with van der Waals surface area (Å²) in [4.78, 5) is 12.4. The van der Waals surface area contributed by atoms with Crippen molar-refractivity contribution < 1.29 is 9.53 Å². The maximum Gasteiger partial charge on any atom is 0.151 e. The second kappa shape index (κ2) is 7.28. The molecular formula is C17H24O2S. The van der Waals surface area contributed by atoms with Gasteiger partial charge in [0.25, 0.3) is 0 Å². The van der Waals surface area contributed by atoms with E-state index in [4.69, 9.17) is 4.74 Å². The highest BCUT2D eigenvalue weighted by Gasteiger charge is 2.46. The molecule has 2 unspecified atom stereocenters. The van der Waals surface area contributed by atoms with E-state index in [-0.39, 0.29) is 10.9 Å². The summed E-state index contributed by atoms with van der Waals surface area (Å²) >= 11 is 1.72. The van der Waals surface area contributed by atoms with Crippen LogP contribution in [0.25, 0.3) is 0 Å². The minimum absolute atomic E-state index is 0.0898. The van der Waals surface area contributed by atoms with Crippen LogP contribution in [0.2, 0.25) is 0 Å². The SMILES string of the molecule is CCCCC1(SC)CC(OCc2ccccc2)CC1=O. The number of ketones is 1. The maximum absolute atomic E-state index is 12.4. The molecule has 3 heteroatoms. The van der Waals surface area contributed by atoms with Crippen LogP contribution in [0.5, 0.6) is 0 Å². The van der Waals surface area contributed by atoms with Crippen molar-refractivity contribution >= 4 is 17.5 Å². The number of thioether (sulfide) groups is 1. The standard InChI is InChI=1S/C17H24O2S/c1-3-4-10-17(20-2)12-15(11-16(17)18)19-13-14-8-6-5-7-9-14/h5-9,15H,3-4,10-13H2,1-2H3. The third-order valence-electron chi connectivity index (χ3n) is 4.13. The van der Waals surface area contributed by atoms with E-state index in [1.54, 1.807) is 11.8 Å². The van der Waals surface area contributed by atoms with Crippen LogP contribution in [0, 0.1) is 0 Å². The third kappa shape index (κ3) is 3.64. The molecule has 0 radical (unpaired) electrons. The number of carbonyl (C=O) groups is 1. The van der Waals surface area contributed by atoms with Crippen LogP contribution in [0.1, 0.15) is 44.6 Å². The zero-order valence-corrected chi connectivity index (χ0v) is 13.2. The first kappa shape index (κ1) is 15.6. The van der Waals surface area contributed by atoms with Gasteiger partial charge in [0, 0.05) is 6.42 Å². The lowest BCUT2D eigenvalue weighted by Crippen LogP contribution is -2.29. The van der Waals surface area contributed by atoms with Gasteiger partial charge in [-0.2, -0.15) is 11.8 Å². The number of ether oxygens (including phenoxy) is 1. The van der Waals surface area contributed by atoms with Crippen LogP contribution in [-0.2, 0) is 16.1 Å². The monoisotopic (exact) mass is 292 g/mol. The largest absolute Gasteiger partial charge is 0.373 e. The van der Waals surface area contributed by atoms with E-state index in [0.717, 1.165) is 25.7 Å². The molecule has 0 aromatic heterocycles. The van der Waals surface area contributed by atoms with Crippen LogP contribution in [-0.4, -0.2) is 22.9 Å². The highest BCUT2D eigenvalue weighted by atomic mass is 32.2. The van der Waals surface area contributed by atoms with Crippen molar-refractivity contribution in [1.29, 1.82) is 0 Å². The Hall–Kier alpha value is -0.800. The molecule has 110 valence electrons. The van der Waals surface area contributed by atoms with Crippen molar-refractivity contribution in [3.63, 3.8) is 0 Å². The number of benzene rings is 1. The molecule has 1 aromatic rings. The summed E-state index contributed by atoms with van der Waals surface area (Å²) in [6, 6.07) is 10.2. The van der Waals surface area contributed by atoms with Crippen molar-refractivity contribution in [2.24, 2.45) is 0 Å². The van der Waals surface area contributed by atoms with E-state index >= 15 is 0 Å². The molecule has 0 N–H and O–H groups in total. The summed E-state index contributed by atoms with van der Waals surface area (Å²) in [6.45, 7) is 2.79. The van der Waals surface area contributed by atoms with Crippen LogP contribution >= 0.6 is 11.8 Å². The van der Waals surface area contributed by atoms with Gasteiger partial charge in [0.1, 0.15) is 0 Å². The number of rotatable bonds is 7. The Morgan fingerprint density at radius 3 is 2.75 bits per heavy atom. The molecule has 0 spiro atoms. The van der Waals surface area contributed by atoms with Crippen LogP contribution < -0.4 is 0 Å². The van der Waals surface area contributed by atoms with Crippen molar-refractivity contribution in [2.75, 3.05) is 6.26 Å². The molecule has 0 saturated heterocycles. The normalized spacial score (nSPS) is 26.1. The average molecular weight is 292 g/mol. The van der Waals surface area contributed by atoms with E-state index < -0.39 is 0 Å². The first-order valence-corrected chi connectivity index (χ1v) is 8.66. The van der Waals surface area contributed by atoms with Crippen LogP contribution in [0.3, 0.4) is 0 Å². The van der Waals surface area contributed by atoms with Crippen molar-refractivity contribution in [2.45, 2.75) is 56.5 Å². The highest BCUT2D eigenvalue weighted by molar-refractivity contribution is 8.00. The van der Waals surface area contributed by atoms with Gasteiger partial charge in [0.2, 0.25) is 0 Å². The van der Waals surface area contributed by atoms with Gasteiger partial charge in [-0.3, -0.25) is 4.79 Å². The van der Waals surface area contributed by atoms with E-state index in [1.165, 1.54) is 5.56 Å². The molecule has 2 atom stereocenters. The Balaban J connectivity index is 1.91. The molecule has 1 saturated carbocycles. The predicted molar refractivity (Wildman–Crippen MR) is 85.0 cm³/mol. The molecule has 0 bridgehead atoms. The number of carbonyl (C=O) groups excluding carboxylic acids is 1. The Morgan fingerprint density at radius 2 is 2.10 bits per heavy atom. The fourth-order valence-corrected chi connectivity index (χ4v) is 3.87. The molecule has 1 aliphatic rings. The predicted octanol–water partition coefficient (Wildman–Crippen LogP) is 4.23. The quantitative estimate of drug-likeness (QED) is 0.752. The minimum Gasteiger partial charge on any atom is -0.373 e. The summed E-state index contributed by atoms with van der Waals surface area (Å²) in [5.41, 5.74) is 1.18. The first-order chi connectivity index (χ1) is 9.70. The lowest BCUT2D eigenvalue weighted by molar-refractivity contribution is -0.120. The van der Waals surface area contributed by atoms with Gasteiger partial charge in [-0.1, -0.05) is 50.1 Å². The zero-order valence-electron chi connectivity index (χ0n) is 12.4. The molecule has 1 fully saturated rings. The summed E-state index contributed by atoms with van der Waals surface area (Å²) in [7, 11) is 0. The van der Waals surface area contributed by atoms with Gasteiger partial charge in [-0.25, -0.2) is 0 Å². The summed E-state index contributed by atoms with van der Waals surface area (Å²) < 4.78 is 5.78. The lowest BCUT2D eigenvalue weighted by Gasteiger charge is -2.25. The first-order valence-electron chi connectivity index (χ1n) is 7.44. The topological polar surface area (TPSA) is 26.3 Å². The molecule has 1 aromatic carbocycles. The van der Waals surface area contributed by atoms with E-state index in [0.29, 0.717) is 18.8 Å². The summed E-state index contributed by atoms with van der Waals surface area (Å²) in [5.74, 6) is 0.386. The Bertz CT molecular complexity index is 432. The highest BCUT2D eigenvalue weighted by Crippen LogP contribution is 2.42. The zero-order chi connectivity index (χ0) is 14.4. The Morgan fingerprint density at radius 1 is 1.35 bits per heavy atom. The van der Waals surface area contributed by atoms with Crippen LogP contribution in [0.15, 0.2) is 30.3 Å². The van der Waals surface area contributed by atoms with E-state index in [2.05, 4.69) is 25.3 Å². The maximum atomic E-state index is 12.4. The third-order valence-corrected chi connectivity index (χ3v) is 5.51. The second-order valence-electron chi connectivity index (χ2n) is 5.55. The fraction of sp³-hybridized carbons (Fsp3) is 0.588. The Labute approximate surface area is 126 Å². The van der Waals surface area contributed by atoms with Gasteiger partial charge >= 0.3 is 0 Å². The smallest absolute Gasteiger partial charge is 0.151 e. The van der Waals surface area contributed by atoms with E-state index in [1.807, 2.05) is 18.2 Å². The fourth-order valence-electron chi connectivity index (χ4n) is 2.86. The molecular weight excluding hydrogens is 268 g/mol. The van der Waals surface area contributed by atoms with Crippen molar-refractivity contribution in [3.05, 3.63) is 35.9 Å². The number of Topliss-reactive ketones (excluding diaryl/α,β-unsaturated/α-hetero) is 1. The van der Waals surface area contributed by atoms with Crippen molar-refractivity contribution in [3.8, 4) is 0 Å². The Kier molecular flexibility index (Phi) is 5.67. The number of hydrogen-bond donors (Lipinski definition) is 0. The molecule has 2 rings (SSSR count). The molecule has 0 heterocycles. The molecule has 2 nitrogen and oxygen atoms in total. The molecule has 1 aliphatic carbocycles. The molecule has 20 heavy (non-hydrogen) atoms. The summed E-state index contributed by atoms with van der Waals surface area (Å²) in [6.07, 6.45) is 6.87. The number of hydrogen-bond acceptors (Lipinski definition) is 3. The van der Waals surface area contributed by atoms with Gasteiger partial charge < -0.3 is 4.74 Å².